The van der Waals surface area contributed by atoms with Crippen LogP contribution < -0.4 is 0 Å². The summed E-state index contributed by atoms with van der Waals surface area (Å²) >= 11 is 28.4. The molecular formula is C11H6Cl5FN2OS. The highest BCUT2D eigenvalue weighted by molar-refractivity contribution is 7.89. The van der Waals surface area contributed by atoms with E-state index in [1.807, 2.05) is 0 Å². The van der Waals surface area contributed by atoms with E-state index in [1.54, 1.807) is 6.92 Å². The molecule has 2 aromatic rings. The molecule has 21 heavy (non-hydrogen) atoms. The van der Waals surface area contributed by atoms with E-state index in [4.69, 9.17) is 58.0 Å². The Hall–Kier alpha value is -0.0400. The van der Waals surface area contributed by atoms with Crippen LogP contribution in [-0.2, 0) is 10.8 Å². The number of hydrogen-bond acceptors (Lipinski definition) is 2. The SMILES string of the molecule is Cc1nc(S(=O)C(F)(Cl)Cl)cn1-c1c(Cl)cc(Cl)cc1Cl. The van der Waals surface area contributed by atoms with Crippen molar-refractivity contribution in [3.63, 3.8) is 0 Å². The van der Waals surface area contributed by atoms with E-state index in [-0.39, 0.29) is 15.1 Å². The average Bonchev–Trinajstić information content (AvgIpc) is 2.68. The van der Waals surface area contributed by atoms with Gasteiger partial charge in [0.2, 0.25) is 0 Å². The number of aryl methyl sites for hydroxylation is 1. The summed E-state index contributed by atoms with van der Waals surface area (Å²) in [6.07, 6.45) is 1.30. The number of alkyl halides is 3. The first-order valence-electron chi connectivity index (χ1n) is 5.30. The second-order valence-corrected chi connectivity index (χ2v) is 8.38. The van der Waals surface area contributed by atoms with Gasteiger partial charge in [-0.05, 0) is 19.1 Å². The number of aromatic nitrogens is 2. The normalized spacial score (nSPS) is 13.5. The van der Waals surface area contributed by atoms with Gasteiger partial charge in [-0.2, -0.15) is 4.39 Å². The maximum atomic E-state index is 13.3. The van der Waals surface area contributed by atoms with Gasteiger partial charge in [0.05, 0.1) is 15.7 Å². The molecule has 10 heteroatoms. The van der Waals surface area contributed by atoms with Gasteiger partial charge in [-0.15, -0.1) is 0 Å². The highest BCUT2D eigenvalue weighted by Gasteiger charge is 2.35. The summed E-state index contributed by atoms with van der Waals surface area (Å²) in [4.78, 5) is 3.96. The molecule has 0 saturated carbocycles. The van der Waals surface area contributed by atoms with Gasteiger partial charge in [0, 0.05) is 11.2 Å². The summed E-state index contributed by atoms with van der Waals surface area (Å²) in [5, 5.41) is 0.740. The number of imidazole rings is 1. The second-order valence-electron chi connectivity index (χ2n) is 3.93. The Bertz CT molecular complexity index is 705. The van der Waals surface area contributed by atoms with Gasteiger partial charge in [-0.3, -0.25) is 4.57 Å². The molecule has 0 N–H and O–H groups in total. The fourth-order valence-electron chi connectivity index (χ4n) is 1.65. The fourth-order valence-corrected chi connectivity index (χ4v) is 3.77. The number of halogens is 6. The minimum Gasteiger partial charge on any atom is -0.300 e. The predicted molar refractivity (Wildman–Crippen MR) is 85.3 cm³/mol. The molecule has 1 aromatic heterocycles. The molecule has 3 nitrogen and oxygen atoms in total. The van der Waals surface area contributed by atoms with Crippen molar-refractivity contribution >= 4 is 68.8 Å². The maximum absolute atomic E-state index is 13.3. The van der Waals surface area contributed by atoms with Gasteiger partial charge in [0.1, 0.15) is 16.6 Å². The van der Waals surface area contributed by atoms with Crippen LogP contribution in [0.25, 0.3) is 5.69 Å². The van der Waals surface area contributed by atoms with Gasteiger partial charge in [-0.1, -0.05) is 58.0 Å². The van der Waals surface area contributed by atoms with Gasteiger partial charge < -0.3 is 0 Å². The largest absolute Gasteiger partial charge is 0.338 e. The molecule has 0 fully saturated rings. The highest BCUT2D eigenvalue weighted by atomic mass is 35.5. The molecule has 114 valence electrons. The molecule has 0 aliphatic rings. The molecule has 0 aliphatic heterocycles. The van der Waals surface area contributed by atoms with Crippen LogP contribution in [0.5, 0.6) is 0 Å². The lowest BCUT2D eigenvalue weighted by Gasteiger charge is -2.10. The van der Waals surface area contributed by atoms with Crippen molar-refractivity contribution in [2.45, 2.75) is 15.9 Å². The summed E-state index contributed by atoms with van der Waals surface area (Å²) in [5.74, 6) is 0.377. The first kappa shape index (κ1) is 17.3. The molecule has 1 unspecified atom stereocenters. The summed E-state index contributed by atoms with van der Waals surface area (Å²) in [7, 11) is -2.36. The van der Waals surface area contributed by atoms with Crippen LogP contribution in [-0.4, -0.2) is 17.7 Å². The molecule has 1 atom stereocenters. The third kappa shape index (κ3) is 3.66. The van der Waals surface area contributed by atoms with Gasteiger partial charge in [-0.25, -0.2) is 9.19 Å². The zero-order valence-corrected chi connectivity index (χ0v) is 14.8. The number of benzene rings is 1. The second kappa shape index (κ2) is 6.22. The highest BCUT2D eigenvalue weighted by Crippen LogP contribution is 2.35. The molecule has 0 aliphatic carbocycles. The van der Waals surface area contributed by atoms with E-state index in [0.29, 0.717) is 16.5 Å². The van der Waals surface area contributed by atoms with Crippen molar-refractivity contribution in [2.24, 2.45) is 0 Å². The van der Waals surface area contributed by atoms with Crippen molar-refractivity contribution in [3.8, 4) is 5.69 Å². The fraction of sp³-hybridized carbons (Fsp3) is 0.182. The molecule has 0 radical (unpaired) electrons. The van der Waals surface area contributed by atoms with E-state index in [2.05, 4.69) is 4.98 Å². The third-order valence-corrected chi connectivity index (χ3v) is 5.12. The van der Waals surface area contributed by atoms with Gasteiger partial charge >= 0.3 is 3.92 Å². The van der Waals surface area contributed by atoms with Crippen LogP contribution in [0.3, 0.4) is 0 Å². The summed E-state index contributed by atoms with van der Waals surface area (Å²) in [6.45, 7) is 1.60. The average molecular weight is 411 g/mol. The van der Waals surface area contributed by atoms with Crippen LogP contribution in [0.4, 0.5) is 4.39 Å². The van der Waals surface area contributed by atoms with Crippen LogP contribution in [0.2, 0.25) is 15.1 Å². The maximum Gasteiger partial charge on any atom is 0.338 e. The Morgan fingerprint density at radius 2 is 1.76 bits per heavy atom. The Morgan fingerprint density at radius 1 is 1.24 bits per heavy atom. The van der Waals surface area contributed by atoms with E-state index in [1.165, 1.54) is 22.9 Å². The standard InChI is InChI=1S/C11H6Cl5FN2OS/c1-5-18-9(21(20)11(15,16)17)4-19(5)10-7(13)2-6(12)3-8(10)14/h2-4H,1H3. The Balaban J connectivity index is 2.58. The predicted octanol–water partition coefficient (Wildman–Crippen LogP) is 5.31. The molecule has 2 rings (SSSR count). The van der Waals surface area contributed by atoms with Crippen LogP contribution in [0.1, 0.15) is 5.82 Å². The van der Waals surface area contributed by atoms with Crippen LogP contribution in [0.15, 0.2) is 23.4 Å². The summed E-state index contributed by atoms with van der Waals surface area (Å²) in [5.41, 5.74) is 0.379. The van der Waals surface area contributed by atoms with E-state index >= 15 is 0 Å². The molecule has 0 saturated heterocycles. The lowest BCUT2D eigenvalue weighted by atomic mass is 10.3. The smallest absolute Gasteiger partial charge is 0.300 e. The van der Waals surface area contributed by atoms with Gasteiger partial charge in [0.25, 0.3) is 0 Å². The lowest BCUT2D eigenvalue weighted by Crippen LogP contribution is -2.13. The number of hydrogen-bond donors (Lipinski definition) is 0. The quantitative estimate of drug-likeness (QED) is 0.643. The van der Waals surface area contributed by atoms with Crippen molar-refractivity contribution in [1.29, 1.82) is 0 Å². The first-order chi connectivity index (χ1) is 9.61. The monoisotopic (exact) mass is 408 g/mol. The summed E-state index contributed by atoms with van der Waals surface area (Å²) < 4.78 is 23.6. The topological polar surface area (TPSA) is 34.9 Å². The lowest BCUT2D eigenvalue weighted by molar-refractivity contribution is 0.497. The van der Waals surface area contributed by atoms with E-state index in [0.717, 1.165) is 0 Å². The van der Waals surface area contributed by atoms with Gasteiger partial charge in [0.15, 0.2) is 5.03 Å². The zero-order valence-electron chi connectivity index (χ0n) is 10.2. The van der Waals surface area contributed by atoms with Crippen LogP contribution >= 0.6 is 58.0 Å². The molecule has 0 spiro atoms. The Morgan fingerprint density at radius 3 is 2.24 bits per heavy atom. The third-order valence-electron chi connectivity index (χ3n) is 2.48. The molecule has 0 amide bonds. The van der Waals surface area contributed by atoms with Crippen LogP contribution in [0, 0.1) is 6.92 Å². The zero-order chi connectivity index (χ0) is 15.9. The minimum atomic E-state index is -2.95. The molecule has 0 bridgehead atoms. The molecular weight excluding hydrogens is 404 g/mol. The van der Waals surface area contributed by atoms with Crippen molar-refractivity contribution in [3.05, 3.63) is 39.2 Å². The summed E-state index contributed by atoms with van der Waals surface area (Å²) in [6, 6.07) is 2.98. The first-order valence-corrected chi connectivity index (χ1v) is 8.34. The van der Waals surface area contributed by atoms with Crippen molar-refractivity contribution in [1.82, 2.24) is 9.55 Å². The molecule has 1 aromatic carbocycles. The Kier molecular flexibility index (Phi) is 5.13. The Labute approximate surface area is 147 Å². The van der Waals surface area contributed by atoms with Crippen molar-refractivity contribution in [2.75, 3.05) is 0 Å². The number of nitrogens with zero attached hydrogens (tertiary/aromatic N) is 2. The molecule has 1 heterocycles. The van der Waals surface area contributed by atoms with E-state index < -0.39 is 14.7 Å². The van der Waals surface area contributed by atoms with Crippen molar-refractivity contribution < 1.29 is 8.60 Å². The van der Waals surface area contributed by atoms with E-state index in [9.17, 15) is 8.60 Å². The minimum absolute atomic E-state index is 0.137. The number of rotatable bonds is 3.